The standard InChI is InChI=1S/C10H19NO4/c1-9(2,3)15-8(13)11-7-4-10(14,5-7)6-12/h7,12,14H,4-6H2,1-3H3,(H,11,13)/t7-,10+. The minimum absolute atomic E-state index is 0.100. The van der Waals surface area contributed by atoms with Crippen molar-refractivity contribution < 1.29 is 19.7 Å². The van der Waals surface area contributed by atoms with Crippen molar-refractivity contribution in [1.29, 1.82) is 0 Å². The zero-order chi connectivity index (χ0) is 11.7. The van der Waals surface area contributed by atoms with Gasteiger partial charge in [-0.25, -0.2) is 4.79 Å². The highest BCUT2D eigenvalue weighted by Gasteiger charge is 2.43. The molecule has 0 aromatic heterocycles. The highest BCUT2D eigenvalue weighted by molar-refractivity contribution is 5.68. The lowest BCUT2D eigenvalue weighted by atomic mass is 9.76. The lowest BCUT2D eigenvalue weighted by Gasteiger charge is -2.42. The Kier molecular flexibility index (Phi) is 3.25. The van der Waals surface area contributed by atoms with E-state index in [4.69, 9.17) is 9.84 Å². The van der Waals surface area contributed by atoms with Gasteiger partial charge in [0.15, 0.2) is 0 Å². The number of amides is 1. The van der Waals surface area contributed by atoms with Crippen molar-refractivity contribution in [2.75, 3.05) is 6.61 Å². The summed E-state index contributed by atoms with van der Waals surface area (Å²) in [6, 6.07) is -0.100. The van der Waals surface area contributed by atoms with Crippen LogP contribution in [0.3, 0.4) is 0 Å². The number of aliphatic hydroxyl groups excluding tert-OH is 1. The van der Waals surface area contributed by atoms with Crippen molar-refractivity contribution in [2.24, 2.45) is 0 Å². The molecule has 5 heteroatoms. The molecule has 0 aromatic rings. The van der Waals surface area contributed by atoms with E-state index in [9.17, 15) is 9.90 Å². The van der Waals surface area contributed by atoms with Crippen molar-refractivity contribution in [1.82, 2.24) is 5.32 Å². The first-order valence-corrected chi connectivity index (χ1v) is 5.07. The smallest absolute Gasteiger partial charge is 0.407 e. The molecular weight excluding hydrogens is 198 g/mol. The van der Waals surface area contributed by atoms with Crippen LogP contribution in [0, 0.1) is 0 Å². The van der Waals surface area contributed by atoms with E-state index in [0.29, 0.717) is 12.8 Å². The van der Waals surface area contributed by atoms with Gasteiger partial charge in [0.2, 0.25) is 0 Å². The molecule has 0 heterocycles. The van der Waals surface area contributed by atoms with Crippen LogP contribution in [0.2, 0.25) is 0 Å². The first-order chi connectivity index (χ1) is 6.74. The third-order valence-corrected chi connectivity index (χ3v) is 2.27. The molecule has 1 aliphatic carbocycles. The van der Waals surface area contributed by atoms with E-state index in [1.807, 2.05) is 0 Å². The fraction of sp³-hybridized carbons (Fsp3) is 0.900. The number of alkyl carbamates (subject to hydrolysis) is 1. The number of carbonyl (C=O) groups is 1. The van der Waals surface area contributed by atoms with Crippen LogP contribution in [0.1, 0.15) is 33.6 Å². The maximum atomic E-state index is 11.3. The molecule has 1 fully saturated rings. The van der Waals surface area contributed by atoms with Crippen LogP contribution in [0.4, 0.5) is 4.79 Å². The molecule has 1 saturated carbocycles. The number of aliphatic hydroxyl groups is 2. The van der Waals surface area contributed by atoms with E-state index in [0.717, 1.165) is 0 Å². The summed E-state index contributed by atoms with van der Waals surface area (Å²) in [6.45, 7) is 5.10. The van der Waals surface area contributed by atoms with Gasteiger partial charge in [-0.15, -0.1) is 0 Å². The molecule has 15 heavy (non-hydrogen) atoms. The van der Waals surface area contributed by atoms with Gasteiger partial charge in [-0.05, 0) is 33.6 Å². The maximum Gasteiger partial charge on any atom is 0.407 e. The minimum Gasteiger partial charge on any atom is -0.444 e. The van der Waals surface area contributed by atoms with E-state index in [1.165, 1.54) is 0 Å². The lowest BCUT2D eigenvalue weighted by molar-refractivity contribution is -0.0916. The van der Waals surface area contributed by atoms with E-state index in [1.54, 1.807) is 20.8 Å². The highest BCUT2D eigenvalue weighted by atomic mass is 16.6. The average molecular weight is 217 g/mol. The van der Waals surface area contributed by atoms with Crippen LogP contribution in [0.15, 0.2) is 0 Å². The van der Waals surface area contributed by atoms with Gasteiger partial charge in [-0.3, -0.25) is 0 Å². The number of carbonyl (C=O) groups excluding carboxylic acids is 1. The first-order valence-electron chi connectivity index (χ1n) is 5.07. The third-order valence-electron chi connectivity index (χ3n) is 2.27. The molecule has 0 bridgehead atoms. The summed E-state index contributed by atoms with van der Waals surface area (Å²) in [4.78, 5) is 11.3. The summed E-state index contributed by atoms with van der Waals surface area (Å²) in [5.41, 5.74) is -1.53. The molecule has 0 saturated heterocycles. The minimum atomic E-state index is -1.01. The second-order valence-electron chi connectivity index (χ2n) is 5.13. The molecule has 0 atom stereocenters. The first kappa shape index (κ1) is 12.3. The van der Waals surface area contributed by atoms with Gasteiger partial charge in [0, 0.05) is 6.04 Å². The summed E-state index contributed by atoms with van der Waals surface area (Å²) < 4.78 is 5.05. The Morgan fingerprint density at radius 2 is 2.07 bits per heavy atom. The molecule has 0 aromatic carbocycles. The molecule has 3 N–H and O–H groups in total. The predicted octanol–water partition coefficient (Wildman–Crippen LogP) is 0.397. The van der Waals surface area contributed by atoms with Crippen molar-refractivity contribution in [3.05, 3.63) is 0 Å². The predicted molar refractivity (Wildman–Crippen MR) is 54.4 cm³/mol. The van der Waals surface area contributed by atoms with E-state index >= 15 is 0 Å². The van der Waals surface area contributed by atoms with Crippen molar-refractivity contribution in [3.63, 3.8) is 0 Å². The summed E-state index contributed by atoms with van der Waals surface area (Å²) in [5, 5.41) is 20.9. The van der Waals surface area contributed by atoms with Crippen LogP contribution in [0.5, 0.6) is 0 Å². The number of hydrogen-bond acceptors (Lipinski definition) is 4. The Hall–Kier alpha value is -0.810. The zero-order valence-corrected chi connectivity index (χ0v) is 9.41. The van der Waals surface area contributed by atoms with Crippen LogP contribution in [-0.4, -0.2) is 40.2 Å². The van der Waals surface area contributed by atoms with Gasteiger partial charge in [-0.2, -0.15) is 0 Å². The zero-order valence-electron chi connectivity index (χ0n) is 9.41. The van der Waals surface area contributed by atoms with Crippen molar-refractivity contribution in [3.8, 4) is 0 Å². The summed E-state index contributed by atoms with van der Waals surface area (Å²) in [5.74, 6) is 0. The van der Waals surface area contributed by atoms with E-state index < -0.39 is 17.3 Å². The monoisotopic (exact) mass is 217 g/mol. The number of nitrogens with one attached hydrogen (secondary N) is 1. The summed E-state index contributed by atoms with van der Waals surface area (Å²) >= 11 is 0. The number of rotatable bonds is 2. The fourth-order valence-electron chi connectivity index (χ4n) is 1.56. The van der Waals surface area contributed by atoms with Crippen molar-refractivity contribution in [2.45, 2.75) is 50.9 Å². The van der Waals surface area contributed by atoms with Gasteiger partial charge < -0.3 is 20.3 Å². The largest absolute Gasteiger partial charge is 0.444 e. The average Bonchev–Trinajstić information content (AvgIpc) is 1.97. The molecule has 1 amide bonds. The van der Waals surface area contributed by atoms with Gasteiger partial charge in [0.05, 0.1) is 12.2 Å². The van der Waals surface area contributed by atoms with Crippen LogP contribution in [0.25, 0.3) is 0 Å². The molecule has 0 spiro atoms. The third kappa shape index (κ3) is 3.68. The van der Waals surface area contributed by atoms with E-state index in [-0.39, 0.29) is 12.6 Å². The molecule has 0 radical (unpaired) electrons. The maximum absolute atomic E-state index is 11.3. The number of ether oxygens (including phenoxy) is 1. The Morgan fingerprint density at radius 1 is 1.53 bits per heavy atom. The topological polar surface area (TPSA) is 78.8 Å². The molecule has 1 rings (SSSR count). The molecular formula is C10H19NO4. The molecule has 5 nitrogen and oxygen atoms in total. The van der Waals surface area contributed by atoms with Gasteiger partial charge >= 0.3 is 6.09 Å². The molecule has 1 aliphatic rings. The Labute approximate surface area is 89.4 Å². The Balaban J connectivity index is 2.25. The van der Waals surface area contributed by atoms with E-state index in [2.05, 4.69) is 5.32 Å². The summed E-state index contributed by atoms with van der Waals surface area (Å²) in [6.07, 6.45) is 0.276. The van der Waals surface area contributed by atoms with Crippen LogP contribution in [-0.2, 0) is 4.74 Å². The van der Waals surface area contributed by atoms with Gasteiger partial charge in [0.1, 0.15) is 5.60 Å². The lowest BCUT2D eigenvalue weighted by Crippen LogP contribution is -2.57. The molecule has 88 valence electrons. The second-order valence-corrected chi connectivity index (χ2v) is 5.13. The van der Waals surface area contributed by atoms with Crippen LogP contribution >= 0.6 is 0 Å². The molecule has 0 unspecified atom stereocenters. The SMILES string of the molecule is CC(C)(C)OC(=O)N[C@H]1C[C@](O)(CO)C1. The van der Waals surface area contributed by atoms with Crippen molar-refractivity contribution >= 4 is 6.09 Å². The Morgan fingerprint density at radius 3 is 2.47 bits per heavy atom. The second kappa shape index (κ2) is 3.98. The van der Waals surface area contributed by atoms with Gasteiger partial charge in [0.25, 0.3) is 0 Å². The fourth-order valence-corrected chi connectivity index (χ4v) is 1.56. The number of hydrogen-bond donors (Lipinski definition) is 3. The highest BCUT2D eigenvalue weighted by Crippen LogP contribution is 2.31. The van der Waals surface area contributed by atoms with Crippen LogP contribution < -0.4 is 5.32 Å². The quantitative estimate of drug-likeness (QED) is 0.625. The summed E-state index contributed by atoms with van der Waals surface area (Å²) in [7, 11) is 0. The van der Waals surface area contributed by atoms with Gasteiger partial charge in [-0.1, -0.05) is 0 Å². The normalized spacial score (nSPS) is 30.6. The Bertz CT molecular complexity index is 240. The molecule has 0 aliphatic heterocycles.